The summed E-state index contributed by atoms with van der Waals surface area (Å²) in [6.45, 7) is 0.328. The van der Waals surface area contributed by atoms with Crippen LogP contribution in [0, 0.1) is 12.3 Å². The quantitative estimate of drug-likeness (QED) is 0.363. The molecule has 0 aliphatic rings. The van der Waals surface area contributed by atoms with E-state index < -0.39 is 0 Å². The Morgan fingerprint density at radius 1 is 1.20 bits per heavy atom. The molecule has 1 amide bonds. The zero-order chi connectivity index (χ0) is 21.3. The van der Waals surface area contributed by atoms with E-state index in [4.69, 9.17) is 15.9 Å². The van der Waals surface area contributed by atoms with E-state index in [9.17, 15) is 4.79 Å². The van der Waals surface area contributed by atoms with Crippen molar-refractivity contribution in [1.82, 2.24) is 4.57 Å². The molecule has 0 unspecified atom stereocenters. The van der Waals surface area contributed by atoms with Gasteiger partial charge < -0.3 is 14.0 Å². The van der Waals surface area contributed by atoms with Gasteiger partial charge in [-0.2, -0.15) is 16.8 Å². The van der Waals surface area contributed by atoms with Crippen molar-refractivity contribution in [3.8, 4) is 23.8 Å². The van der Waals surface area contributed by atoms with Crippen molar-refractivity contribution in [2.24, 2.45) is 4.99 Å². The molecular formula is C23H24N2O3S2. The predicted molar refractivity (Wildman–Crippen MR) is 124 cm³/mol. The molecule has 0 saturated carbocycles. The molecule has 7 heteroatoms. The van der Waals surface area contributed by atoms with Crippen LogP contribution in [0.15, 0.2) is 47.5 Å². The maximum absolute atomic E-state index is 12.4. The van der Waals surface area contributed by atoms with E-state index in [2.05, 4.69) is 23.0 Å². The number of carbonyl (C=O) groups excluding carboxylic acids is 1. The molecule has 0 saturated heterocycles. The number of benzene rings is 2. The zero-order valence-corrected chi connectivity index (χ0v) is 18.7. The van der Waals surface area contributed by atoms with Gasteiger partial charge in [0.1, 0.15) is 0 Å². The highest BCUT2D eigenvalue weighted by atomic mass is 32.2. The molecule has 156 valence electrons. The van der Waals surface area contributed by atoms with E-state index in [-0.39, 0.29) is 5.91 Å². The van der Waals surface area contributed by atoms with Gasteiger partial charge in [-0.25, -0.2) is 0 Å². The fourth-order valence-electron chi connectivity index (χ4n) is 2.98. The lowest BCUT2D eigenvalue weighted by Gasteiger charge is -2.08. The second-order valence-corrected chi connectivity index (χ2v) is 8.61. The highest BCUT2D eigenvalue weighted by Crippen LogP contribution is 2.33. The van der Waals surface area contributed by atoms with Gasteiger partial charge in [0, 0.05) is 24.3 Å². The Labute approximate surface area is 184 Å². The average Bonchev–Trinajstić information content (AvgIpc) is 3.09. The highest BCUT2D eigenvalue weighted by Gasteiger charge is 2.13. The van der Waals surface area contributed by atoms with Gasteiger partial charge in [0.2, 0.25) is 5.91 Å². The number of aromatic nitrogens is 1. The number of amides is 1. The Hall–Kier alpha value is -2.69. The van der Waals surface area contributed by atoms with Crippen molar-refractivity contribution < 1.29 is 14.3 Å². The monoisotopic (exact) mass is 440 g/mol. The minimum atomic E-state index is -0.133. The summed E-state index contributed by atoms with van der Waals surface area (Å²) in [4.78, 5) is 17.4. The maximum Gasteiger partial charge on any atom is 0.248 e. The summed E-state index contributed by atoms with van der Waals surface area (Å²) in [7, 11) is 3.18. The molecule has 3 rings (SSSR count). The zero-order valence-electron chi connectivity index (χ0n) is 17.1. The third kappa shape index (κ3) is 5.47. The van der Waals surface area contributed by atoms with Crippen LogP contribution in [-0.2, 0) is 17.1 Å². The first-order valence-corrected chi connectivity index (χ1v) is 11.5. The van der Waals surface area contributed by atoms with Crippen LogP contribution in [0.2, 0.25) is 0 Å². The smallest absolute Gasteiger partial charge is 0.248 e. The summed E-state index contributed by atoms with van der Waals surface area (Å²) in [5.74, 6) is 5.62. The molecule has 0 bridgehead atoms. The molecule has 5 nitrogen and oxygen atoms in total. The molecule has 0 atom stereocenters. The van der Waals surface area contributed by atoms with Gasteiger partial charge in [-0.3, -0.25) is 4.79 Å². The largest absolute Gasteiger partial charge is 0.493 e. The fourth-order valence-corrected chi connectivity index (χ4v) is 4.96. The fraction of sp³-hybridized carbons (Fsp3) is 0.304. The van der Waals surface area contributed by atoms with Crippen LogP contribution in [-0.4, -0.2) is 30.4 Å². The average molecular weight is 441 g/mol. The van der Waals surface area contributed by atoms with Gasteiger partial charge in [-0.15, -0.1) is 6.42 Å². The van der Waals surface area contributed by atoms with Crippen molar-refractivity contribution >= 4 is 39.2 Å². The van der Waals surface area contributed by atoms with Gasteiger partial charge in [0.15, 0.2) is 16.3 Å². The van der Waals surface area contributed by atoms with Crippen molar-refractivity contribution in [3.63, 3.8) is 0 Å². The molecule has 1 heterocycles. The number of fused-ring (bicyclic) bond motifs is 1. The van der Waals surface area contributed by atoms with Gasteiger partial charge in [0.25, 0.3) is 0 Å². The molecule has 0 N–H and O–H groups in total. The Kier molecular flexibility index (Phi) is 8.00. The summed E-state index contributed by atoms with van der Waals surface area (Å²) in [5.41, 5.74) is 2.17. The van der Waals surface area contributed by atoms with Crippen LogP contribution in [0.25, 0.3) is 10.2 Å². The maximum atomic E-state index is 12.4. The topological polar surface area (TPSA) is 52.8 Å². The van der Waals surface area contributed by atoms with Gasteiger partial charge in [-0.1, -0.05) is 47.6 Å². The Morgan fingerprint density at radius 3 is 2.63 bits per heavy atom. The van der Waals surface area contributed by atoms with Crippen LogP contribution in [0.1, 0.15) is 18.4 Å². The van der Waals surface area contributed by atoms with Crippen molar-refractivity contribution in [3.05, 3.63) is 52.8 Å². The first-order valence-electron chi connectivity index (χ1n) is 9.54. The number of nitrogens with zero attached hydrogens (tertiary/aromatic N) is 2. The first kappa shape index (κ1) is 22.0. The van der Waals surface area contributed by atoms with E-state index in [1.54, 1.807) is 14.2 Å². The predicted octanol–water partition coefficient (Wildman–Crippen LogP) is 4.49. The highest BCUT2D eigenvalue weighted by molar-refractivity contribution is 7.98. The summed E-state index contributed by atoms with van der Waals surface area (Å²) < 4.78 is 13.6. The minimum absolute atomic E-state index is 0.133. The Bertz CT molecular complexity index is 1110. The number of carbonyl (C=O) groups is 1. The molecule has 0 aliphatic carbocycles. The Balaban J connectivity index is 1.70. The second kappa shape index (κ2) is 10.9. The van der Waals surface area contributed by atoms with E-state index in [1.807, 2.05) is 46.7 Å². The molecule has 0 fully saturated rings. The molecular weight excluding hydrogens is 416 g/mol. The molecule has 30 heavy (non-hydrogen) atoms. The van der Waals surface area contributed by atoms with Crippen LogP contribution in [0.4, 0.5) is 0 Å². The third-order valence-corrected chi connectivity index (χ3v) is 6.60. The van der Waals surface area contributed by atoms with Crippen LogP contribution in [0.5, 0.6) is 11.5 Å². The number of methoxy groups -OCH3 is 2. The standard InChI is InChI=1S/C23H24N2O3S2/c1-4-12-25-18-14-19(27-2)20(28-3)15-21(18)30-23(25)24-22(26)11-8-13-29-16-17-9-6-5-7-10-17/h1,5-7,9-10,14-15H,8,11-13,16H2,2-3H3. The number of hydrogen-bond donors (Lipinski definition) is 0. The molecule has 3 aromatic rings. The molecule has 1 aromatic heterocycles. The van der Waals surface area contributed by atoms with Gasteiger partial charge in [-0.05, 0) is 17.7 Å². The molecule has 2 aromatic carbocycles. The number of terminal acetylenes is 1. The number of thiazole rings is 1. The summed E-state index contributed by atoms with van der Waals surface area (Å²) in [6, 6.07) is 14.1. The number of hydrogen-bond acceptors (Lipinski definition) is 5. The number of thioether (sulfide) groups is 1. The van der Waals surface area contributed by atoms with E-state index >= 15 is 0 Å². The normalized spacial score (nSPS) is 11.4. The van der Waals surface area contributed by atoms with Crippen molar-refractivity contribution in [2.45, 2.75) is 25.1 Å². The molecule has 0 radical (unpaired) electrons. The summed E-state index contributed by atoms with van der Waals surface area (Å²) in [6.07, 6.45) is 6.76. The van der Waals surface area contributed by atoms with Gasteiger partial charge >= 0.3 is 0 Å². The van der Waals surface area contributed by atoms with E-state index in [0.29, 0.717) is 29.3 Å². The van der Waals surface area contributed by atoms with E-state index in [0.717, 1.165) is 28.1 Å². The summed E-state index contributed by atoms with van der Waals surface area (Å²) >= 11 is 3.25. The minimum Gasteiger partial charge on any atom is -0.493 e. The first-order chi connectivity index (χ1) is 14.7. The van der Waals surface area contributed by atoms with Crippen LogP contribution >= 0.6 is 23.1 Å². The van der Waals surface area contributed by atoms with Crippen LogP contribution < -0.4 is 14.3 Å². The lowest BCUT2D eigenvalue weighted by molar-refractivity contribution is -0.118. The van der Waals surface area contributed by atoms with Gasteiger partial charge in [0.05, 0.1) is 31.0 Å². The molecule has 0 spiro atoms. The van der Waals surface area contributed by atoms with Crippen molar-refractivity contribution in [1.29, 1.82) is 0 Å². The Morgan fingerprint density at radius 2 is 1.93 bits per heavy atom. The van der Waals surface area contributed by atoms with Crippen molar-refractivity contribution in [2.75, 3.05) is 20.0 Å². The second-order valence-electron chi connectivity index (χ2n) is 6.50. The number of rotatable bonds is 9. The molecule has 0 aliphatic heterocycles. The third-order valence-electron chi connectivity index (χ3n) is 4.45. The SMILES string of the molecule is C#CCn1c(=NC(=O)CCCSCc2ccccc2)sc2cc(OC)c(OC)cc21. The summed E-state index contributed by atoms with van der Waals surface area (Å²) in [5, 5.41) is 0. The lowest BCUT2D eigenvalue weighted by atomic mass is 10.2. The lowest BCUT2D eigenvalue weighted by Crippen LogP contribution is -2.16. The van der Waals surface area contributed by atoms with E-state index in [1.165, 1.54) is 16.9 Å². The number of ether oxygens (including phenoxy) is 2. The van der Waals surface area contributed by atoms with Crippen LogP contribution in [0.3, 0.4) is 0 Å².